The molecule has 2 aliphatic rings. The molecule has 2 aliphatic heterocycles. The average molecular weight is 301 g/mol. The van der Waals surface area contributed by atoms with Crippen LogP contribution in [-0.2, 0) is 9.53 Å². The number of halogens is 3. The zero-order chi connectivity index (χ0) is 15.2. The van der Waals surface area contributed by atoms with Gasteiger partial charge in [-0.2, -0.15) is 13.2 Å². The van der Waals surface area contributed by atoms with Crippen molar-refractivity contribution in [1.29, 1.82) is 0 Å². The number of nitrogens with zero attached hydrogens (tertiary/aromatic N) is 2. The van der Waals surface area contributed by atoms with Crippen molar-refractivity contribution in [2.75, 3.05) is 5.32 Å². The molecule has 5 nitrogen and oxygen atoms in total. The van der Waals surface area contributed by atoms with E-state index >= 15 is 0 Å². The monoisotopic (exact) mass is 301 g/mol. The van der Waals surface area contributed by atoms with Gasteiger partial charge in [-0.3, -0.25) is 4.79 Å². The quantitative estimate of drug-likeness (QED) is 0.908. The topological polar surface area (TPSA) is 64.1 Å². The van der Waals surface area contributed by atoms with Gasteiger partial charge in [0.25, 0.3) is 0 Å². The number of aromatic nitrogens is 2. The normalized spacial score (nSPS) is 31.4. The van der Waals surface area contributed by atoms with Gasteiger partial charge in [0.1, 0.15) is 5.82 Å². The highest BCUT2D eigenvalue weighted by Crippen LogP contribution is 2.50. The molecule has 2 bridgehead atoms. The summed E-state index contributed by atoms with van der Waals surface area (Å²) in [6.07, 6.45) is -2.42. The van der Waals surface area contributed by atoms with Gasteiger partial charge >= 0.3 is 6.18 Å². The Morgan fingerprint density at radius 1 is 1.29 bits per heavy atom. The van der Waals surface area contributed by atoms with Gasteiger partial charge in [0.15, 0.2) is 0 Å². The number of anilines is 1. The standard InChI is InChI=1S/C13H14F3N3O2/c1-6-17-4-7(5-18-6)19-12(20)10-8-2-3-9(21-8)11(10)13(14,15)16/h4-5,8-11H,2-3H2,1H3,(H,19,20). The molecule has 0 radical (unpaired) electrons. The molecule has 21 heavy (non-hydrogen) atoms. The third-order valence-electron chi connectivity index (χ3n) is 4.00. The molecule has 1 amide bonds. The van der Waals surface area contributed by atoms with Crippen LogP contribution < -0.4 is 5.32 Å². The largest absolute Gasteiger partial charge is 0.395 e. The molecule has 0 saturated carbocycles. The van der Waals surface area contributed by atoms with Crippen molar-refractivity contribution in [2.24, 2.45) is 11.8 Å². The smallest absolute Gasteiger partial charge is 0.373 e. The van der Waals surface area contributed by atoms with Gasteiger partial charge < -0.3 is 10.1 Å². The number of nitrogens with one attached hydrogen (secondary N) is 1. The lowest BCUT2D eigenvalue weighted by Gasteiger charge is -2.28. The molecule has 0 spiro atoms. The minimum absolute atomic E-state index is 0.286. The van der Waals surface area contributed by atoms with E-state index in [-0.39, 0.29) is 5.69 Å². The van der Waals surface area contributed by atoms with Crippen molar-refractivity contribution >= 4 is 11.6 Å². The Balaban J connectivity index is 1.78. The van der Waals surface area contributed by atoms with Crippen LogP contribution in [0.15, 0.2) is 12.4 Å². The number of hydrogen-bond acceptors (Lipinski definition) is 4. The van der Waals surface area contributed by atoms with Crippen LogP contribution in [0, 0.1) is 18.8 Å². The van der Waals surface area contributed by atoms with Gasteiger partial charge in [-0.15, -0.1) is 0 Å². The molecule has 8 heteroatoms. The molecule has 3 heterocycles. The van der Waals surface area contributed by atoms with E-state index in [9.17, 15) is 18.0 Å². The van der Waals surface area contributed by atoms with Crippen molar-refractivity contribution in [1.82, 2.24) is 9.97 Å². The summed E-state index contributed by atoms with van der Waals surface area (Å²) in [6, 6.07) is 0. The second-order valence-corrected chi connectivity index (χ2v) is 5.39. The lowest BCUT2D eigenvalue weighted by Crippen LogP contribution is -2.44. The van der Waals surface area contributed by atoms with Crippen molar-refractivity contribution in [3.8, 4) is 0 Å². The molecule has 1 aromatic heterocycles. The summed E-state index contributed by atoms with van der Waals surface area (Å²) in [6.45, 7) is 1.68. The highest BCUT2D eigenvalue weighted by molar-refractivity contribution is 5.93. The maximum Gasteiger partial charge on any atom is 0.395 e. The number of ether oxygens (including phenoxy) is 1. The van der Waals surface area contributed by atoms with Gasteiger partial charge in [-0.25, -0.2) is 9.97 Å². The molecular weight excluding hydrogens is 287 g/mol. The lowest BCUT2D eigenvalue weighted by atomic mass is 9.78. The second-order valence-electron chi connectivity index (χ2n) is 5.39. The molecule has 114 valence electrons. The van der Waals surface area contributed by atoms with E-state index < -0.39 is 36.1 Å². The molecule has 0 aliphatic carbocycles. The van der Waals surface area contributed by atoms with Crippen LogP contribution in [0.5, 0.6) is 0 Å². The summed E-state index contributed by atoms with van der Waals surface area (Å²) in [5.74, 6) is -3.10. The lowest BCUT2D eigenvalue weighted by molar-refractivity contribution is -0.196. The second kappa shape index (κ2) is 4.94. The molecule has 4 unspecified atom stereocenters. The van der Waals surface area contributed by atoms with Crippen LogP contribution in [0.25, 0.3) is 0 Å². The molecule has 2 saturated heterocycles. The Morgan fingerprint density at radius 2 is 1.90 bits per heavy atom. The number of carbonyl (C=O) groups excluding carboxylic acids is 1. The third-order valence-corrected chi connectivity index (χ3v) is 4.00. The SMILES string of the molecule is Cc1ncc(NC(=O)C2C3CCC(O3)C2C(F)(F)F)cn1. The van der Waals surface area contributed by atoms with Crippen LogP contribution in [-0.4, -0.2) is 34.3 Å². The summed E-state index contributed by atoms with van der Waals surface area (Å²) in [7, 11) is 0. The Kier molecular flexibility index (Phi) is 3.35. The van der Waals surface area contributed by atoms with E-state index in [0.29, 0.717) is 18.7 Å². The number of hydrogen-bond donors (Lipinski definition) is 1. The van der Waals surface area contributed by atoms with Gasteiger partial charge in [-0.05, 0) is 19.8 Å². The minimum atomic E-state index is -4.44. The van der Waals surface area contributed by atoms with E-state index in [0.717, 1.165) is 0 Å². The Hall–Kier alpha value is -1.70. The zero-order valence-electron chi connectivity index (χ0n) is 11.2. The summed E-state index contributed by atoms with van der Waals surface area (Å²) in [4.78, 5) is 20.0. The summed E-state index contributed by atoms with van der Waals surface area (Å²) in [5, 5.41) is 2.45. The highest BCUT2D eigenvalue weighted by atomic mass is 19.4. The van der Waals surface area contributed by atoms with E-state index in [2.05, 4.69) is 15.3 Å². The van der Waals surface area contributed by atoms with Crippen molar-refractivity contribution in [3.05, 3.63) is 18.2 Å². The Labute approximate surface area is 118 Å². The maximum absolute atomic E-state index is 13.1. The van der Waals surface area contributed by atoms with E-state index in [1.165, 1.54) is 12.4 Å². The maximum atomic E-state index is 13.1. The third kappa shape index (κ3) is 2.59. The number of aryl methyl sites for hydroxylation is 1. The molecule has 3 rings (SSSR count). The molecular formula is C13H14F3N3O2. The average Bonchev–Trinajstić information content (AvgIpc) is 3.00. The van der Waals surface area contributed by atoms with Crippen molar-refractivity contribution in [2.45, 2.75) is 38.1 Å². The fraction of sp³-hybridized carbons (Fsp3) is 0.615. The van der Waals surface area contributed by atoms with Crippen LogP contribution in [0.1, 0.15) is 18.7 Å². The van der Waals surface area contributed by atoms with Crippen molar-refractivity contribution in [3.63, 3.8) is 0 Å². The number of alkyl halides is 3. The van der Waals surface area contributed by atoms with Crippen LogP contribution in [0.4, 0.5) is 18.9 Å². The van der Waals surface area contributed by atoms with E-state index in [1.807, 2.05) is 0 Å². The predicted molar refractivity (Wildman–Crippen MR) is 66.3 cm³/mol. The Bertz CT molecular complexity index is 547. The van der Waals surface area contributed by atoms with Crippen molar-refractivity contribution < 1.29 is 22.7 Å². The number of carbonyl (C=O) groups is 1. The summed E-state index contributed by atoms with van der Waals surface area (Å²) in [5.41, 5.74) is 0.286. The van der Waals surface area contributed by atoms with E-state index in [1.54, 1.807) is 6.92 Å². The minimum Gasteiger partial charge on any atom is -0.373 e. The molecule has 1 N–H and O–H groups in total. The van der Waals surface area contributed by atoms with Crippen LogP contribution in [0.3, 0.4) is 0 Å². The van der Waals surface area contributed by atoms with Gasteiger partial charge in [0.2, 0.25) is 5.91 Å². The fourth-order valence-corrected chi connectivity index (χ4v) is 3.11. The van der Waals surface area contributed by atoms with Crippen LogP contribution in [0.2, 0.25) is 0 Å². The van der Waals surface area contributed by atoms with Crippen LogP contribution >= 0.6 is 0 Å². The first-order chi connectivity index (χ1) is 9.86. The molecule has 0 aromatic carbocycles. The van der Waals surface area contributed by atoms with E-state index in [4.69, 9.17) is 4.74 Å². The number of amides is 1. The number of rotatable bonds is 2. The van der Waals surface area contributed by atoms with Gasteiger partial charge in [0.05, 0.1) is 42.1 Å². The highest BCUT2D eigenvalue weighted by Gasteiger charge is 2.62. The first-order valence-corrected chi connectivity index (χ1v) is 6.68. The molecule has 4 atom stereocenters. The summed E-state index contributed by atoms with van der Waals surface area (Å²) >= 11 is 0. The first-order valence-electron chi connectivity index (χ1n) is 6.68. The zero-order valence-corrected chi connectivity index (χ0v) is 11.2. The predicted octanol–water partition coefficient (Wildman–Crippen LogP) is 2.08. The molecule has 2 fully saturated rings. The Morgan fingerprint density at radius 3 is 2.52 bits per heavy atom. The fourth-order valence-electron chi connectivity index (χ4n) is 3.11. The first kappa shape index (κ1) is 14.2. The molecule has 1 aromatic rings. The number of fused-ring (bicyclic) bond motifs is 2. The summed E-state index contributed by atoms with van der Waals surface area (Å²) < 4.78 is 44.7. The van der Waals surface area contributed by atoms with Gasteiger partial charge in [-0.1, -0.05) is 0 Å². The van der Waals surface area contributed by atoms with Gasteiger partial charge in [0, 0.05) is 0 Å².